The highest BCUT2D eigenvalue weighted by Gasteiger charge is 2.39. The lowest BCUT2D eigenvalue weighted by molar-refractivity contribution is -0.141. The van der Waals surface area contributed by atoms with Gasteiger partial charge in [-0.2, -0.15) is 5.10 Å². The number of ketones is 1. The average Bonchev–Trinajstić information content (AvgIpc) is 3.47. The van der Waals surface area contributed by atoms with Crippen LogP contribution in [0.4, 0.5) is 4.39 Å². The maximum absolute atomic E-state index is 13.4. The van der Waals surface area contributed by atoms with E-state index < -0.39 is 48.3 Å². The van der Waals surface area contributed by atoms with Crippen molar-refractivity contribution >= 4 is 29.5 Å². The van der Waals surface area contributed by atoms with E-state index in [0.29, 0.717) is 37.9 Å². The highest BCUT2D eigenvalue weighted by atomic mass is 19.1. The summed E-state index contributed by atoms with van der Waals surface area (Å²) in [5, 5.41) is 19.0. The first-order valence-electron chi connectivity index (χ1n) is 11.6. The van der Waals surface area contributed by atoms with E-state index in [1.165, 1.54) is 22.0 Å². The van der Waals surface area contributed by atoms with Gasteiger partial charge in [0.2, 0.25) is 11.8 Å². The zero-order valence-corrected chi connectivity index (χ0v) is 20.3. The highest BCUT2D eigenvalue weighted by Crippen LogP contribution is 2.21. The average molecular weight is 495 g/mol. The van der Waals surface area contributed by atoms with Gasteiger partial charge in [0.05, 0.1) is 17.8 Å². The third kappa shape index (κ3) is 7.76. The van der Waals surface area contributed by atoms with Crippen LogP contribution in [0.2, 0.25) is 0 Å². The van der Waals surface area contributed by atoms with Crippen LogP contribution < -0.4 is 21.7 Å². The summed E-state index contributed by atoms with van der Waals surface area (Å²) >= 11 is 0. The summed E-state index contributed by atoms with van der Waals surface area (Å²) in [6.45, 7) is 2.98. The van der Waals surface area contributed by atoms with E-state index in [1.807, 2.05) is 0 Å². The number of nitrogens with zero attached hydrogens (tertiary/aromatic N) is 3. The second kappa shape index (κ2) is 12.8. The molecule has 0 saturated carbocycles. The molecular formula is C22H35FN8O4. The molecule has 2 heterocycles. The molecule has 12 nitrogen and oxygen atoms in total. The predicted octanol–water partition coefficient (Wildman–Crippen LogP) is -0.548. The van der Waals surface area contributed by atoms with Gasteiger partial charge in [-0.15, -0.1) is 0 Å². The fraction of sp³-hybridized carbons (Fsp3) is 0.636. The number of guanidine groups is 1. The quantitative estimate of drug-likeness (QED) is 0.147. The number of hydrogen-bond donors (Lipinski definition) is 5. The van der Waals surface area contributed by atoms with Gasteiger partial charge in [-0.3, -0.25) is 29.3 Å². The number of halogens is 1. The maximum Gasteiger partial charge on any atom is 0.255 e. The molecule has 0 bridgehead atoms. The zero-order valence-electron chi connectivity index (χ0n) is 20.3. The van der Waals surface area contributed by atoms with Crippen LogP contribution >= 0.6 is 0 Å². The second-order valence-electron chi connectivity index (χ2n) is 8.93. The van der Waals surface area contributed by atoms with Crippen LogP contribution in [0.3, 0.4) is 0 Å². The molecule has 0 aromatic carbocycles. The number of nitrogens with one attached hydrogen (secondary N) is 4. The number of aryl methyl sites for hydroxylation is 1. The van der Waals surface area contributed by atoms with Crippen molar-refractivity contribution in [3.05, 3.63) is 18.0 Å². The zero-order chi connectivity index (χ0) is 26.1. The Morgan fingerprint density at radius 3 is 2.57 bits per heavy atom. The predicted molar refractivity (Wildman–Crippen MR) is 126 cm³/mol. The van der Waals surface area contributed by atoms with Crippen LogP contribution in [-0.2, 0) is 21.4 Å². The molecule has 1 aromatic rings. The summed E-state index contributed by atoms with van der Waals surface area (Å²) in [5.41, 5.74) is 5.53. The third-order valence-electron chi connectivity index (χ3n) is 5.85. The fourth-order valence-corrected chi connectivity index (χ4v) is 3.96. The van der Waals surface area contributed by atoms with Crippen molar-refractivity contribution in [3.63, 3.8) is 0 Å². The number of carbonyl (C=O) groups excluding carboxylic acids is 4. The number of rotatable bonds is 12. The minimum absolute atomic E-state index is 0.158. The number of nitrogens with two attached hydrogens (primary N) is 1. The summed E-state index contributed by atoms with van der Waals surface area (Å²) < 4.78 is 14.6. The molecule has 3 amide bonds. The summed E-state index contributed by atoms with van der Waals surface area (Å²) in [5.74, 6) is -2.61. The summed E-state index contributed by atoms with van der Waals surface area (Å²) in [7, 11) is 1.68. The number of Topliss-reactive ketones (excluding diaryl/α,β-unsaturated/α-hetero) is 1. The molecule has 3 atom stereocenters. The molecule has 1 fully saturated rings. The van der Waals surface area contributed by atoms with Gasteiger partial charge >= 0.3 is 0 Å². The smallest absolute Gasteiger partial charge is 0.255 e. The minimum Gasteiger partial charge on any atom is -0.370 e. The number of hydrogen-bond acceptors (Lipinski definition) is 6. The van der Waals surface area contributed by atoms with E-state index in [2.05, 4.69) is 21.0 Å². The molecule has 0 aliphatic carbocycles. The molecular weight excluding hydrogens is 459 g/mol. The van der Waals surface area contributed by atoms with E-state index >= 15 is 0 Å². The lowest BCUT2D eigenvalue weighted by Crippen LogP contribution is -2.56. The van der Waals surface area contributed by atoms with Gasteiger partial charge in [-0.05, 0) is 31.6 Å². The van der Waals surface area contributed by atoms with E-state index in [0.717, 1.165) is 0 Å². The maximum atomic E-state index is 13.4. The summed E-state index contributed by atoms with van der Waals surface area (Å²) in [6, 6.07) is -2.74. The van der Waals surface area contributed by atoms with Crippen molar-refractivity contribution < 1.29 is 23.6 Å². The standard InChI is InChI=1S/C22H35FN8O4/c1-13(2)18(29-19(33)14-11-27-30(3)12-14)21(35)31-9-5-7-16(31)20(34)28-15(17(32)10-23)6-4-8-26-22(24)25/h11-13,15-16,18H,4-10H2,1-3H3,(H,28,34)(H,29,33)(H4,24,25,26)/t15?,16-,18?/m0/s1. The molecule has 1 aliphatic rings. The number of likely N-dealkylation sites (tertiary alicyclic amines) is 1. The Morgan fingerprint density at radius 1 is 1.29 bits per heavy atom. The molecule has 1 aliphatic heterocycles. The number of carbonyl (C=O) groups is 4. The Morgan fingerprint density at radius 2 is 2.00 bits per heavy atom. The SMILES string of the molecule is CC(C)C(NC(=O)c1cnn(C)c1)C(=O)N1CCC[C@H]1C(=O)NC(CCCNC(=N)N)C(=O)CF. The monoisotopic (exact) mass is 494 g/mol. The molecule has 1 saturated heterocycles. The van der Waals surface area contributed by atoms with Gasteiger partial charge in [-0.25, -0.2) is 4.39 Å². The summed E-state index contributed by atoms with van der Waals surface area (Å²) in [4.78, 5) is 52.5. The molecule has 2 unspecified atom stereocenters. The van der Waals surface area contributed by atoms with Crippen molar-refractivity contribution in [1.29, 1.82) is 5.41 Å². The van der Waals surface area contributed by atoms with Crippen LogP contribution in [0.25, 0.3) is 0 Å². The van der Waals surface area contributed by atoms with Crippen LogP contribution in [0, 0.1) is 11.3 Å². The molecule has 6 N–H and O–H groups in total. The van der Waals surface area contributed by atoms with Crippen LogP contribution in [0.5, 0.6) is 0 Å². The van der Waals surface area contributed by atoms with Crippen molar-refractivity contribution in [2.24, 2.45) is 18.7 Å². The minimum atomic E-state index is -1.23. The third-order valence-corrected chi connectivity index (χ3v) is 5.85. The van der Waals surface area contributed by atoms with E-state index in [1.54, 1.807) is 20.9 Å². The van der Waals surface area contributed by atoms with Gasteiger partial charge in [0, 0.05) is 26.3 Å². The molecule has 0 spiro atoms. The van der Waals surface area contributed by atoms with Gasteiger partial charge in [0.15, 0.2) is 11.7 Å². The van der Waals surface area contributed by atoms with Crippen LogP contribution in [0.1, 0.15) is 49.9 Å². The Kier molecular flexibility index (Phi) is 10.2. The molecule has 35 heavy (non-hydrogen) atoms. The Hall–Kier alpha value is -3.51. The lowest BCUT2D eigenvalue weighted by atomic mass is 10.0. The van der Waals surface area contributed by atoms with E-state index in [-0.39, 0.29) is 18.3 Å². The van der Waals surface area contributed by atoms with Crippen molar-refractivity contribution in [2.45, 2.75) is 57.7 Å². The van der Waals surface area contributed by atoms with E-state index in [9.17, 15) is 23.6 Å². The Balaban J connectivity index is 2.07. The summed E-state index contributed by atoms with van der Waals surface area (Å²) in [6.07, 6.45) is 4.44. The highest BCUT2D eigenvalue weighted by molar-refractivity contribution is 5.99. The Bertz CT molecular complexity index is 934. The lowest BCUT2D eigenvalue weighted by Gasteiger charge is -2.31. The molecule has 13 heteroatoms. The second-order valence-corrected chi connectivity index (χ2v) is 8.93. The van der Waals surface area contributed by atoms with Gasteiger partial charge in [0.25, 0.3) is 5.91 Å². The van der Waals surface area contributed by atoms with Crippen LogP contribution in [-0.4, -0.2) is 82.0 Å². The molecule has 1 aromatic heterocycles. The molecule has 0 radical (unpaired) electrons. The topological polar surface area (TPSA) is 175 Å². The largest absolute Gasteiger partial charge is 0.370 e. The Labute approximate surface area is 203 Å². The first kappa shape index (κ1) is 27.7. The van der Waals surface area contributed by atoms with Crippen molar-refractivity contribution in [2.75, 3.05) is 19.8 Å². The van der Waals surface area contributed by atoms with Gasteiger partial charge in [0.1, 0.15) is 18.8 Å². The van der Waals surface area contributed by atoms with Crippen molar-refractivity contribution in [3.8, 4) is 0 Å². The normalized spacial score (nSPS) is 17.1. The first-order valence-corrected chi connectivity index (χ1v) is 11.6. The van der Waals surface area contributed by atoms with Gasteiger partial charge in [-0.1, -0.05) is 13.8 Å². The van der Waals surface area contributed by atoms with Crippen LogP contribution in [0.15, 0.2) is 12.4 Å². The molecule has 194 valence electrons. The number of amides is 3. The van der Waals surface area contributed by atoms with E-state index in [4.69, 9.17) is 11.1 Å². The fourth-order valence-electron chi connectivity index (χ4n) is 3.96. The number of alkyl halides is 1. The first-order chi connectivity index (χ1) is 16.5. The van der Waals surface area contributed by atoms with Crippen molar-refractivity contribution in [1.82, 2.24) is 30.6 Å². The number of aromatic nitrogens is 2. The van der Waals surface area contributed by atoms with Gasteiger partial charge < -0.3 is 26.6 Å². The molecule has 2 rings (SSSR count).